The molecule has 0 aromatic heterocycles. The summed E-state index contributed by atoms with van der Waals surface area (Å²) in [6, 6.07) is 8.42. The van der Waals surface area contributed by atoms with Crippen LogP contribution in [0.3, 0.4) is 0 Å². The van der Waals surface area contributed by atoms with Crippen molar-refractivity contribution < 1.29 is 14.6 Å². The highest BCUT2D eigenvalue weighted by atomic mass is 35.5. The molecule has 0 saturated carbocycles. The van der Waals surface area contributed by atoms with Gasteiger partial charge in [-0.25, -0.2) is 0 Å². The Kier molecular flexibility index (Phi) is 4.04. The molecule has 0 amide bonds. The molecule has 2 rings (SSSR count). The molecule has 0 aliphatic heterocycles. The van der Waals surface area contributed by atoms with Gasteiger partial charge < -0.3 is 4.74 Å². The van der Waals surface area contributed by atoms with Crippen LogP contribution in [0.2, 0.25) is 5.02 Å². The van der Waals surface area contributed by atoms with Gasteiger partial charge >= 0.3 is 5.69 Å². The van der Waals surface area contributed by atoms with Crippen molar-refractivity contribution in [1.29, 1.82) is 0 Å². The molecule has 0 aliphatic carbocycles. The van der Waals surface area contributed by atoms with E-state index in [9.17, 15) is 20.2 Å². The summed E-state index contributed by atoms with van der Waals surface area (Å²) >= 11 is 5.82. The van der Waals surface area contributed by atoms with Gasteiger partial charge in [0.2, 0.25) is 0 Å². The predicted octanol–water partition coefficient (Wildman–Crippen LogP) is 3.83. The maximum atomic E-state index is 11.2. The van der Waals surface area contributed by atoms with Crippen LogP contribution < -0.4 is 4.74 Å². The Morgan fingerprint density at radius 3 is 2.10 bits per heavy atom. The normalized spacial score (nSPS) is 10.2. The van der Waals surface area contributed by atoms with E-state index >= 15 is 0 Å². The number of nitro benzene ring substituents is 2. The van der Waals surface area contributed by atoms with Crippen LogP contribution in [0.15, 0.2) is 36.4 Å². The van der Waals surface area contributed by atoms with Gasteiger partial charge in [0.05, 0.1) is 17.0 Å². The van der Waals surface area contributed by atoms with Crippen LogP contribution >= 0.6 is 11.6 Å². The van der Waals surface area contributed by atoms with E-state index in [4.69, 9.17) is 16.3 Å². The summed E-state index contributed by atoms with van der Waals surface area (Å²) < 4.78 is 4.99. The Balaban J connectivity index is 2.76. The Morgan fingerprint density at radius 2 is 1.62 bits per heavy atom. The van der Waals surface area contributed by atoms with Crippen LogP contribution in [-0.2, 0) is 0 Å². The van der Waals surface area contributed by atoms with Crippen molar-refractivity contribution in [2.24, 2.45) is 0 Å². The number of hydrogen-bond donors (Lipinski definition) is 0. The van der Waals surface area contributed by atoms with Gasteiger partial charge in [-0.05, 0) is 23.8 Å². The van der Waals surface area contributed by atoms with Crippen molar-refractivity contribution in [3.8, 4) is 16.9 Å². The van der Waals surface area contributed by atoms with Gasteiger partial charge in [-0.1, -0.05) is 23.7 Å². The van der Waals surface area contributed by atoms with Gasteiger partial charge in [-0.15, -0.1) is 0 Å². The van der Waals surface area contributed by atoms with Gasteiger partial charge in [0, 0.05) is 6.07 Å². The van der Waals surface area contributed by atoms with Crippen LogP contribution in [-0.4, -0.2) is 17.0 Å². The van der Waals surface area contributed by atoms with E-state index in [1.807, 2.05) is 0 Å². The third-order valence-corrected chi connectivity index (χ3v) is 3.17. The van der Waals surface area contributed by atoms with Crippen LogP contribution in [0.5, 0.6) is 5.75 Å². The number of nitrogens with zero attached hydrogens (tertiary/aromatic N) is 2. The lowest BCUT2D eigenvalue weighted by atomic mass is 10.0. The maximum absolute atomic E-state index is 11.2. The maximum Gasteiger partial charge on any atom is 0.302 e. The van der Waals surface area contributed by atoms with Crippen LogP contribution in [0, 0.1) is 20.2 Å². The fourth-order valence-corrected chi connectivity index (χ4v) is 2.15. The molecule has 0 bridgehead atoms. The van der Waals surface area contributed by atoms with E-state index < -0.39 is 15.5 Å². The average Bonchev–Trinajstić information content (AvgIpc) is 2.46. The Labute approximate surface area is 124 Å². The topological polar surface area (TPSA) is 95.5 Å². The number of methoxy groups -OCH3 is 1. The van der Waals surface area contributed by atoms with E-state index in [1.54, 1.807) is 12.1 Å². The number of rotatable bonds is 4. The molecule has 0 N–H and O–H groups in total. The second-order valence-electron chi connectivity index (χ2n) is 4.03. The number of nitro groups is 2. The second kappa shape index (κ2) is 5.76. The first-order valence-electron chi connectivity index (χ1n) is 5.71. The van der Waals surface area contributed by atoms with Crippen LogP contribution in [0.25, 0.3) is 11.1 Å². The minimum absolute atomic E-state index is 0.125. The molecule has 2 aromatic carbocycles. The first-order valence-corrected chi connectivity index (χ1v) is 6.09. The summed E-state index contributed by atoms with van der Waals surface area (Å²) in [5.41, 5.74) is -0.677. The third-order valence-electron chi connectivity index (χ3n) is 2.86. The Bertz CT molecular complexity index is 715. The molecule has 2 aromatic rings. The van der Waals surface area contributed by atoms with Gasteiger partial charge in [-0.2, -0.15) is 0 Å². The molecule has 8 heteroatoms. The van der Waals surface area contributed by atoms with Gasteiger partial charge in [0.1, 0.15) is 16.3 Å². The average molecular weight is 309 g/mol. The molecule has 0 spiro atoms. The molecule has 0 fully saturated rings. The second-order valence-corrected chi connectivity index (χ2v) is 4.44. The first kappa shape index (κ1) is 14.7. The number of ether oxygens (including phenoxy) is 1. The number of benzene rings is 2. The van der Waals surface area contributed by atoms with Crippen molar-refractivity contribution in [3.63, 3.8) is 0 Å². The zero-order valence-corrected chi connectivity index (χ0v) is 11.5. The smallest absolute Gasteiger partial charge is 0.302 e. The first-order chi connectivity index (χ1) is 9.95. The fraction of sp³-hybridized carbons (Fsp3) is 0.0769. The zero-order valence-electron chi connectivity index (χ0n) is 10.8. The highest BCUT2D eigenvalue weighted by molar-refractivity contribution is 6.33. The summed E-state index contributed by atoms with van der Waals surface area (Å²) in [7, 11) is 1.47. The molecule has 0 aliphatic rings. The Hall–Kier alpha value is -2.67. The molecular weight excluding hydrogens is 300 g/mol. The fourth-order valence-electron chi connectivity index (χ4n) is 1.93. The highest BCUT2D eigenvalue weighted by Gasteiger charge is 2.29. The molecule has 7 nitrogen and oxygen atoms in total. The zero-order chi connectivity index (χ0) is 15.6. The van der Waals surface area contributed by atoms with Gasteiger partial charge in [-0.3, -0.25) is 20.2 Å². The lowest BCUT2D eigenvalue weighted by molar-refractivity contribution is -0.392. The van der Waals surface area contributed by atoms with E-state index in [0.717, 1.165) is 12.1 Å². The number of halogens is 1. The molecule has 108 valence electrons. The van der Waals surface area contributed by atoms with E-state index in [1.165, 1.54) is 19.2 Å². The summed E-state index contributed by atoms with van der Waals surface area (Å²) in [5, 5.41) is 22.2. The van der Waals surface area contributed by atoms with Crippen LogP contribution in [0.1, 0.15) is 0 Å². The molecule has 21 heavy (non-hydrogen) atoms. The molecule has 0 heterocycles. The van der Waals surface area contributed by atoms with Gasteiger partial charge in [0.25, 0.3) is 5.69 Å². The molecule has 0 atom stereocenters. The van der Waals surface area contributed by atoms with Crippen molar-refractivity contribution >= 4 is 23.0 Å². The number of hydrogen-bond acceptors (Lipinski definition) is 5. The highest BCUT2D eigenvalue weighted by Crippen LogP contribution is 2.42. The van der Waals surface area contributed by atoms with E-state index in [0.29, 0.717) is 11.3 Å². The summed E-state index contributed by atoms with van der Waals surface area (Å²) in [6.45, 7) is 0. The minimum atomic E-state index is -0.727. The standard InChI is InChI=1S/C13H9ClN2O5/c1-21-9-4-2-8(3-5-9)12-11(15(17)18)7-6-10(14)13(12)16(19)20/h2-7H,1H3. The van der Waals surface area contributed by atoms with E-state index in [-0.39, 0.29) is 16.3 Å². The lowest BCUT2D eigenvalue weighted by Gasteiger charge is -2.07. The third kappa shape index (κ3) is 2.77. The largest absolute Gasteiger partial charge is 0.497 e. The predicted molar refractivity (Wildman–Crippen MR) is 76.7 cm³/mol. The van der Waals surface area contributed by atoms with Crippen LogP contribution in [0.4, 0.5) is 11.4 Å². The lowest BCUT2D eigenvalue weighted by Crippen LogP contribution is -1.98. The summed E-state index contributed by atoms with van der Waals surface area (Å²) in [5.74, 6) is 0.533. The van der Waals surface area contributed by atoms with Crippen molar-refractivity contribution in [3.05, 3.63) is 61.6 Å². The molecule has 0 unspecified atom stereocenters. The SMILES string of the molecule is COc1ccc(-c2c([N+](=O)[O-])ccc(Cl)c2[N+](=O)[O-])cc1. The molecule has 0 saturated heterocycles. The van der Waals surface area contributed by atoms with Crippen molar-refractivity contribution in [2.45, 2.75) is 0 Å². The monoisotopic (exact) mass is 308 g/mol. The summed E-state index contributed by atoms with van der Waals surface area (Å²) in [4.78, 5) is 20.9. The summed E-state index contributed by atoms with van der Waals surface area (Å²) in [6.07, 6.45) is 0. The van der Waals surface area contributed by atoms with Crippen molar-refractivity contribution in [2.75, 3.05) is 7.11 Å². The molecular formula is C13H9ClN2O5. The Morgan fingerprint density at radius 1 is 1.00 bits per heavy atom. The minimum Gasteiger partial charge on any atom is -0.497 e. The molecule has 0 radical (unpaired) electrons. The quantitative estimate of drug-likeness (QED) is 0.631. The van der Waals surface area contributed by atoms with Gasteiger partial charge in [0.15, 0.2) is 0 Å². The van der Waals surface area contributed by atoms with Crippen molar-refractivity contribution in [1.82, 2.24) is 0 Å². The van der Waals surface area contributed by atoms with E-state index in [2.05, 4.69) is 0 Å².